The van der Waals surface area contributed by atoms with E-state index in [4.69, 9.17) is 9.47 Å². The maximum absolute atomic E-state index is 12.5. The van der Waals surface area contributed by atoms with Gasteiger partial charge in [-0.3, -0.25) is 9.59 Å². The van der Waals surface area contributed by atoms with E-state index in [-0.39, 0.29) is 30.9 Å². The lowest BCUT2D eigenvalue weighted by Crippen LogP contribution is -2.36. The Morgan fingerprint density at radius 1 is 0.958 bits per heavy atom. The number of ether oxygens (including phenoxy) is 2. The van der Waals surface area contributed by atoms with Crippen molar-refractivity contribution in [3.63, 3.8) is 0 Å². The van der Waals surface area contributed by atoms with Crippen LogP contribution in [0.5, 0.6) is 0 Å². The molecular formula is C20H30O4. The van der Waals surface area contributed by atoms with Crippen molar-refractivity contribution in [3.05, 3.63) is 0 Å². The van der Waals surface area contributed by atoms with E-state index in [2.05, 4.69) is 0 Å². The molecule has 4 bridgehead atoms. The number of carbonyl (C=O) groups is 2. The minimum absolute atomic E-state index is 0.0627. The second-order valence-electron chi connectivity index (χ2n) is 9.49. The van der Waals surface area contributed by atoms with Crippen LogP contribution in [0.3, 0.4) is 0 Å². The second-order valence-corrected chi connectivity index (χ2v) is 9.49. The summed E-state index contributed by atoms with van der Waals surface area (Å²) in [5, 5.41) is 0. The molecule has 24 heavy (non-hydrogen) atoms. The van der Waals surface area contributed by atoms with Gasteiger partial charge < -0.3 is 9.47 Å². The molecule has 4 heteroatoms. The van der Waals surface area contributed by atoms with Crippen molar-refractivity contribution >= 4 is 11.9 Å². The fraction of sp³-hybridized carbons (Fsp3) is 0.900. The summed E-state index contributed by atoms with van der Waals surface area (Å²) in [6.45, 7) is 5.69. The van der Waals surface area contributed by atoms with Gasteiger partial charge in [0.1, 0.15) is 12.2 Å². The molecule has 134 valence electrons. The van der Waals surface area contributed by atoms with Gasteiger partial charge in [0.05, 0.1) is 12.3 Å². The van der Waals surface area contributed by atoms with Crippen molar-refractivity contribution in [1.82, 2.24) is 0 Å². The van der Waals surface area contributed by atoms with Gasteiger partial charge in [0, 0.05) is 0 Å². The van der Waals surface area contributed by atoms with E-state index in [1.807, 2.05) is 20.8 Å². The third-order valence-electron chi connectivity index (χ3n) is 7.01. The molecule has 0 saturated heterocycles. The molecule has 0 aromatic carbocycles. The fourth-order valence-corrected chi connectivity index (χ4v) is 6.57. The number of hydrogen-bond donors (Lipinski definition) is 0. The Balaban J connectivity index is 1.27. The predicted octanol–water partition coefficient (Wildman–Crippen LogP) is 3.58. The zero-order valence-electron chi connectivity index (χ0n) is 15.1. The van der Waals surface area contributed by atoms with E-state index in [0.29, 0.717) is 5.92 Å². The monoisotopic (exact) mass is 334 g/mol. The van der Waals surface area contributed by atoms with E-state index >= 15 is 0 Å². The molecule has 4 fully saturated rings. The first-order valence-corrected chi connectivity index (χ1v) is 9.72. The average Bonchev–Trinajstić information content (AvgIpc) is 3.23. The zero-order valence-corrected chi connectivity index (χ0v) is 15.1. The van der Waals surface area contributed by atoms with Crippen LogP contribution >= 0.6 is 0 Å². The van der Waals surface area contributed by atoms with Crippen LogP contribution in [0.15, 0.2) is 0 Å². The Morgan fingerprint density at radius 3 is 2.38 bits per heavy atom. The molecule has 4 aliphatic carbocycles. The van der Waals surface area contributed by atoms with Crippen LogP contribution in [0.1, 0.15) is 59.3 Å². The first-order valence-electron chi connectivity index (χ1n) is 9.72. The molecule has 4 nitrogen and oxygen atoms in total. The number of carbonyl (C=O) groups excluding carboxylic acids is 2. The van der Waals surface area contributed by atoms with Crippen LogP contribution < -0.4 is 0 Å². The molecular weight excluding hydrogens is 304 g/mol. The summed E-state index contributed by atoms with van der Waals surface area (Å²) in [5.74, 6) is 4.61. The minimum atomic E-state index is -0.484. The van der Waals surface area contributed by atoms with Crippen LogP contribution in [0, 0.1) is 41.4 Å². The van der Waals surface area contributed by atoms with Gasteiger partial charge in [-0.2, -0.15) is 0 Å². The maximum atomic E-state index is 12.5. The number of rotatable bonds is 4. The molecule has 4 aliphatic rings. The topological polar surface area (TPSA) is 52.6 Å². The quantitative estimate of drug-likeness (QED) is 0.582. The van der Waals surface area contributed by atoms with E-state index in [1.54, 1.807) is 0 Å². The Kier molecular flexibility index (Phi) is 3.92. The molecule has 0 aromatic rings. The third kappa shape index (κ3) is 2.76. The van der Waals surface area contributed by atoms with E-state index < -0.39 is 5.60 Å². The normalized spacial score (nSPS) is 42.2. The first-order chi connectivity index (χ1) is 11.3. The molecule has 0 radical (unpaired) electrons. The second kappa shape index (κ2) is 5.74. The molecule has 7 atom stereocenters. The highest BCUT2D eigenvalue weighted by molar-refractivity contribution is 5.74. The molecule has 7 unspecified atom stereocenters. The van der Waals surface area contributed by atoms with Gasteiger partial charge in [-0.1, -0.05) is 0 Å². The van der Waals surface area contributed by atoms with Crippen molar-refractivity contribution in [1.29, 1.82) is 0 Å². The van der Waals surface area contributed by atoms with Gasteiger partial charge in [-0.15, -0.1) is 0 Å². The maximum Gasteiger partial charge on any atom is 0.309 e. The number of esters is 2. The molecule has 0 N–H and O–H groups in total. The summed E-state index contributed by atoms with van der Waals surface area (Å²) in [6.07, 6.45) is 6.66. The Hall–Kier alpha value is -1.06. The highest BCUT2D eigenvalue weighted by Crippen LogP contribution is 2.68. The largest absolute Gasteiger partial charge is 0.465 e. The summed E-state index contributed by atoms with van der Waals surface area (Å²) >= 11 is 0. The summed E-state index contributed by atoms with van der Waals surface area (Å²) in [7, 11) is 0. The van der Waals surface area contributed by atoms with Crippen LogP contribution in [0.4, 0.5) is 0 Å². The molecule has 0 amide bonds. The average molecular weight is 334 g/mol. The smallest absolute Gasteiger partial charge is 0.309 e. The number of fused-ring (bicyclic) bond motifs is 9. The van der Waals surface area contributed by atoms with Crippen LogP contribution in [0.25, 0.3) is 0 Å². The Labute approximate surface area is 144 Å². The minimum Gasteiger partial charge on any atom is -0.465 e. The van der Waals surface area contributed by atoms with Gasteiger partial charge in [-0.05, 0) is 88.4 Å². The fourth-order valence-electron chi connectivity index (χ4n) is 6.57. The van der Waals surface area contributed by atoms with Gasteiger partial charge in [-0.25, -0.2) is 0 Å². The van der Waals surface area contributed by atoms with E-state index in [1.165, 1.54) is 25.7 Å². The lowest BCUT2D eigenvalue weighted by atomic mass is 9.67. The highest BCUT2D eigenvalue weighted by atomic mass is 16.6. The lowest BCUT2D eigenvalue weighted by Gasteiger charge is -2.37. The van der Waals surface area contributed by atoms with Crippen molar-refractivity contribution in [2.24, 2.45) is 41.4 Å². The standard InChI is InChI=1S/C20H30O4/c1-20(2,3)24-16(21)6-7-23-19(22)15-10-13-9-14(15)18-12-5-4-11(8-12)17(13)18/h11-15,17-18H,4-10H2,1-3H3. The third-order valence-corrected chi connectivity index (χ3v) is 7.01. The summed E-state index contributed by atoms with van der Waals surface area (Å²) < 4.78 is 10.7. The molecule has 0 aromatic heterocycles. The van der Waals surface area contributed by atoms with Gasteiger partial charge in [0.15, 0.2) is 0 Å². The summed E-state index contributed by atoms with van der Waals surface area (Å²) in [4.78, 5) is 24.2. The van der Waals surface area contributed by atoms with Gasteiger partial charge in [0.25, 0.3) is 0 Å². The zero-order chi connectivity index (χ0) is 17.1. The summed E-state index contributed by atoms with van der Waals surface area (Å²) in [5.41, 5.74) is -0.484. The van der Waals surface area contributed by atoms with E-state index in [9.17, 15) is 9.59 Å². The van der Waals surface area contributed by atoms with Crippen molar-refractivity contribution in [2.75, 3.05) is 6.61 Å². The molecule has 0 heterocycles. The molecule has 4 saturated carbocycles. The van der Waals surface area contributed by atoms with E-state index in [0.717, 1.165) is 36.0 Å². The number of hydrogen-bond acceptors (Lipinski definition) is 4. The van der Waals surface area contributed by atoms with Crippen LogP contribution in [0.2, 0.25) is 0 Å². The van der Waals surface area contributed by atoms with Crippen LogP contribution in [-0.2, 0) is 19.1 Å². The predicted molar refractivity (Wildman–Crippen MR) is 88.9 cm³/mol. The van der Waals surface area contributed by atoms with Crippen molar-refractivity contribution in [2.45, 2.75) is 64.9 Å². The molecule has 4 rings (SSSR count). The Morgan fingerprint density at radius 2 is 1.67 bits per heavy atom. The van der Waals surface area contributed by atoms with Gasteiger partial charge in [0.2, 0.25) is 0 Å². The Bertz CT molecular complexity index is 534. The lowest BCUT2D eigenvalue weighted by molar-refractivity contribution is -0.159. The molecule has 0 aliphatic heterocycles. The van der Waals surface area contributed by atoms with Crippen LogP contribution in [-0.4, -0.2) is 24.1 Å². The van der Waals surface area contributed by atoms with Gasteiger partial charge >= 0.3 is 11.9 Å². The first kappa shape index (κ1) is 16.4. The van der Waals surface area contributed by atoms with Crippen molar-refractivity contribution < 1.29 is 19.1 Å². The van der Waals surface area contributed by atoms with Crippen molar-refractivity contribution in [3.8, 4) is 0 Å². The summed E-state index contributed by atoms with van der Waals surface area (Å²) in [6, 6.07) is 0. The highest BCUT2D eigenvalue weighted by Gasteiger charge is 2.63. The molecule has 0 spiro atoms. The SMILES string of the molecule is CC(C)(C)OC(=O)CCOC(=O)C1CC2CC1C1C3CCC(C3)C21.